The van der Waals surface area contributed by atoms with Crippen LogP contribution in [0.3, 0.4) is 0 Å². The Bertz CT molecular complexity index is 1340. The maximum Gasteiger partial charge on any atom is 0.255 e. The number of nitrogen functional groups attached to an aromatic ring is 1. The van der Waals surface area contributed by atoms with Crippen molar-refractivity contribution in [3.05, 3.63) is 42.0 Å². The van der Waals surface area contributed by atoms with Crippen molar-refractivity contribution >= 4 is 28.8 Å². The predicted molar refractivity (Wildman–Crippen MR) is 118 cm³/mol. The first-order chi connectivity index (χ1) is 16.7. The van der Waals surface area contributed by atoms with E-state index in [1.807, 2.05) is 0 Å². The molecule has 1 aliphatic heterocycles. The van der Waals surface area contributed by atoms with Crippen LogP contribution in [-0.4, -0.2) is 90.4 Å². The molecule has 4 rings (SSSR count). The molecule has 0 spiro atoms. The van der Waals surface area contributed by atoms with Gasteiger partial charge in [-0.3, -0.25) is 14.2 Å². The van der Waals surface area contributed by atoms with E-state index in [2.05, 4.69) is 37.1 Å². The van der Waals surface area contributed by atoms with Gasteiger partial charge >= 0.3 is 0 Å². The van der Waals surface area contributed by atoms with E-state index in [0.29, 0.717) is 0 Å². The maximum absolute atomic E-state index is 13.0. The summed E-state index contributed by atoms with van der Waals surface area (Å²) in [4.78, 5) is 41.6. The van der Waals surface area contributed by atoms with Gasteiger partial charge in [0, 0.05) is 20.3 Å². The van der Waals surface area contributed by atoms with E-state index in [4.69, 9.17) is 10.5 Å². The molecule has 13 nitrogen and oxygen atoms in total. The SMILES string of the molecule is CNC(=O)[C@H]1O[C@@H](n2cnc3c(N)nc(C#CCN(C)C(=O)c4ccc(F)nc4)nc32)[C@H](O)C1O. The molecule has 4 atom stereocenters. The molecule has 0 aromatic carbocycles. The van der Waals surface area contributed by atoms with Crippen molar-refractivity contribution in [2.24, 2.45) is 0 Å². The van der Waals surface area contributed by atoms with Crippen LogP contribution >= 0.6 is 0 Å². The first kappa shape index (κ1) is 24.0. The fourth-order valence-corrected chi connectivity index (χ4v) is 3.46. The van der Waals surface area contributed by atoms with Gasteiger partial charge in [0.05, 0.1) is 18.4 Å². The Morgan fingerprint density at radius 2 is 2.06 bits per heavy atom. The topological polar surface area (TPSA) is 182 Å². The third-order valence-electron chi connectivity index (χ3n) is 5.30. The second kappa shape index (κ2) is 9.58. The van der Waals surface area contributed by atoms with Crippen LogP contribution in [0, 0.1) is 17.8 Å². The molecule has 5 N–H and O–H groups in total. The Hall–Kier alpha value is -4.19. The summed E-state index contributed by atoms with van der Waals surface area (Å²) in [7, 11) is 2.89. The molecule has 1 saturated heterocycles. The molecule has 1 fully saturated rings. The maximum atomic E-state index is 13.0. The number of fused-ring (bicyclic) bond motifs is 1. The highest BCUT2D eigenvalue weighted by Gasteiger charge is 2.47. The molecule has 35 heavy (non-hydrogen) atoms. The van der Waals surface area contributed by atoms with Crippen molar-refractivity contribution in [2.45, 2.75) is 24.5 Å². The lowest BCUT2D eigenvalue weighted by Gasteiger charge is -2.16. The van der Waals surface area contributed by atoms with Crippen LogP contribution in [-0.2, 0) is 9.53 Å². The van der Waals surface area contributed by atoms with Crippen molar-refractivity contribution in [3.8, 4) is 11.8 Å². The number of nitrogens with two attached hydrogens (primary N) is 1. The molecule has 0 radical (unpaired) electrons. The highest BCUT2D eigenvalue weighted by atomic mass is 19.1. The Kier molecular flexibility index (Phi) is 6.56. The average molecular weight is 484 g/mol. The number of ether oxygens (including phenoxy) is 1. The molecule has 0 bridgehead atoms. The summed E-state index contributed by atoms with van der Waals surface area (Å²) in [5.41, 5.74) is 6.56. The average Bonchev–Trinajstić information content (AvgIpc) is 3.39. The fourth-order valence-electron chi connectivity index (χ4n) is 3.46. The van der Waals surface area contributed by atoms with Gasteiger partial charge in [-0.25, -0.2) is 19.9 Å². The highest BCUT2D eigenvalue weighted by molar-refractivity contribution is 5.93. The van der Waals surface area contributed by atoms with Crippen molar-refractivity contribution in [1.29, 1.82) is 0 Å². The second-order valence-electron chi connectivity index (χ2n) is 7.63. The Morgan fingerprint density at radius 1 is 1.29 bits per heavy atom. The Morgan fingerprint density at radius 3 is 2.74 bits per heavy atom. The second-order valence-corrected chi connectivity index (χ2v) is 7.63. The van der Waals surface area contributed by atoms with E-state index < -0.39 is 42.3 Å². The van der Waals surface area contributed by atoms with Crippen LogP contribution < -0.4 is 11.1 Å². The van der Waals surface area contributed by atoms with Gasteiger partial charge in [0.1, 0.15) is 17.7 Å². The number of hydrogen-bond donors (Lipinski definition) is 4. The van der Waals surface area contributed by atoms with Crippen LogP contribution in [0.4, 0.5) is 10.2 Å². The highest BCUT2D eigenvalue weighted by Crippen LogP contribution is 2.32. The van der Waals surface area contributed by atoms with E-state index >= 15 is 0 Å². The zero-order valence-electron chi connectivity index (χ0n) is 18.6. The molecule has 14 heteroatoms. The summed E-state index contributed by atoms with van der Waals surface area (Å²) in [6, 6.07) is 2.40. The fraction of sp³-hybridized carbons (Fsp3) is 0.333. The molecule has 4 heterocycles. The smallest absolute Gasteiger partial charge is 0.255 e. The van der Waals surface area contributed by atoms with E-state index in [1.54, 1.807) is 0 Å². The monoisotopic (exact) mass is 484 g/mol. The van der Waals surface area contributed by atoms with Crippen LogP contribution in [0.5, 0.6) is 0 Å². The number of aromatic nitrogens is 5. The summed E-state index contributed by atoms with van der Waals surface area (Å²) < 4.78 is 19.8. The summed E-state index contributed by atoms with van der Waals surface area (Å²) in [6.45, 7) is 0.00122. The van der Waals surface area contributed by atoms with Gasteiger partial charge in [-0.1, -0.05) is 5.92 Å². The molecule has 2 amide bonds. The number of nitrogens with zero attached hydrogens (tertiary/aromatic N) is 6. The number of carbonyl (C=O) groups excluding carboxylic acids is 2. The summed E-state index contributed by atoms with van der Waals surface area (Å²) >= 11 is 0. The number of imidazole rings is 1. The quantitative estimate of drug-likeness (QED) is 0.249. The summed E-state index contributed by atoms with van der Waals surface area (Å²) in [5.74, 6) is 3.79. The number of pyridine rings is 1. The Labute approximate surface area is 197 Å². The van der Waals surface area contributed by atoms with Crippen LogP contribution in [0.15, 0.2) is 24.7 Å². The lowest BCUT2D eigenvalue weighted by molar-refractivity contribution is -0.137. The van der Waals surface area contributed by atoms with E-state index in [9.17, 15) is 24.2 Å². The van der Waals surface area contributed by atoms with Gasteiger partial charge in [-0.15, -0.1) is 0 Å². The van der Waals surface area contributed by atoms with E-state index in [0.717, 1.165) is 12.3 Å². The number of nitrogens with one attached hydrogen (secondary N) is 1. The van der Waals surface area contributed by atoms with Crippen LogP contribution in [0.2, 0.25) is 0 Å². The largest absolute Gasteiger partial charge is 0.387 e. The predicted octanol–water partition coefficient (Wildman–Crippen LogP) is -1.57. The van der Waals surface area contributed by atoms with Gasteiger partial charge in [-0.2, -0.15) is 4.39 Å². The first-order valence-corrected chi connectivity index (χ1v) is 10.3. The molecule has 3 aromatic heterocycles. The van der Waals surface area contributed by atoms with Crippen molar-refractivity contribution in [3.63, 3.8) is 0 Å². The number of rotatable bonds is 4. The van der Waals surface area contributed by atoms with E-state index in [1.165, 1.54) is 36.0 Å². The van der Waals surface area contributed by atoms with Gasteiger partial charge in [0.15, 0.2) is 23.8 Å². The minimum Gasteiger partial charge on any atom is -0.387 e. The number of hydrogen-bond acceptors (Lipinski definition) is 10. The lowest BCUT2D eigenvalue weighted by atomic mass is 10.1. The molecular formula is C21H21FN8O5. The third-order valence-corrected chi connectivity index (χ3v) is 5.30. The van der Waals surface area contributed by atoms with Crippen LogP contribution in [0.1, 0.15) is 22.4 Å². The number of aliphatic hydroxyl groups excluding tert-OH is 2. The molecule has 182 valence electrons. The number of amides is 2. The number of likely N-dealkylation sites (N-methyl/N-ethyl adjacent to an activating group) is 1. The number of anilines is 1. The van der Waals surface area contributed by atoms with Gasteiger partial charge in [-0.05, 0) is 18.1 Å². The molecule has 1 unspecified atom stereocenters. The Balaban J connectivity index is 1.56. The molecule has 0 aliphatic carbocycles. The van der Waals surface area contributed by atoms with Gasteiger partial charge in [0.2, 0.25) is 11.8 Å². The number of halogens is 1. The molecule has 0 saturated carbocycles. The molecule has 3 aromatic rings. The minimum atomic E-state index is -1.47. The first-order valence-electron chi connectivity index (χ1n) is 10.3. The van der Waals surface area contributed by atoms with Crippen molar-refractivity contribution in [2.75, 3.05) is 26.4 Å². The normalized spacial score (nSPS) is 21.4. The minimum absolute atomic E-state index is 0.00122. The zero-order chi connectivity index (χ0) is 25.3. The number of aliphatic hydroxyl groups is 2. The molecular weight excluding hydrogens is 463 g/mol. The van der Waals surface area contributed by atoms with E-state index in [-0.39, 0.29) is 34.9 Å². The standard InChI is InChI=1S/C21H21FN8O5/c1-24-19(33)16-14(31)15(32)21(35-16)30-9-26-13-17(23)27-12(28-18(13)30)4-3-7-29(2)20(34)10-5-6-11(22)25-8-10/h5-6,8-9,14-16,21,31-32H,7H2,1-2H3,(H,24,33)(H2,23,27,28)/t14?,15-,16+,21-/m1/s1. The van der Waals surface area contributed by atoms with Gasteiger partial charge < -0.3 is 30.9 Å². The van der Waals surface area contributed by atoms with Crippen LogP contribution in [0.25, 0.3) is 11.2 Å². The van der Waals surface area contributed by atoms with Crippen molar-refractivity contribution in [1.82, 2.24) is 34.7 Å². The molecule has 1 aliphatic rings. The van der Waals surface area contributed by atoms with Gasteiger partial charge in [0.25, 0.3) is 11.8 Å². The van der Waals surface area contributed by atoms with Crippen molar-refractivity contribution < 1.29 is 28.9 Å². The number of carbonyl (C=O) groups is 2. The summed E-state index contributed by atoms with van der Waals surface area (Å²) in [6.07, 6.45) is -2.95. The lowest BCUT2D eigenvalue weighted by Crippen LogP contribution is -2.41. The zero-order valence-corrected chi connectivity index (χ0v) is 18.6. The summed E-state index contributed by atoms with van der Waals surface area (Å²) in [5, 5.41) is 23.0. The third kappa shape index (κ3) is 4.60.